The number of para-hydroxylation sites is 1. The lowest BCUT2D eigenvalue weighted by molar-refractivity contribution is 0.0919. The smallest absolute Gasteiger partial charge is 0.287 e. The molecule has 1 aromatic carbocycles. The van der Waals surface area contributed by atoms with Crippen LogP contribution in [0, 0.1) is 0 Å². The van der Waals surface area contributed by atoms with Crippen molar-refractivity contribution < 1.29 is 18.4 Å². The Kier molecular flexibility index (Phi) is 4.21. The van der Waals surface area contributed by atoms with E-state index in [-0.39, 0.29) is 18.3 Å². The molecule has 4 heterocycles. The van der Waals surface area contributed by atoms with E-state index < -0.39 is 0 Å². The number of rotatable bonds is 6. The monoisotopic (exact) mass is 388 g/mol. The van der Waals surface area contributed by atoms with Gasteiger partial charge in [-0.3, -0.25) is 4.79 Å². The molecule has 144 valence electrons. The number of ether oxygens (including phenoxy) is 1. The minimum atomic E-state index is -0.288. The van der Waals surface area contributed by atoms with Gasteiger partial charge in [0.05, 0.1) is 19.0 Å². The Balaban J connectivity index is 1.31. The van der Waals surface area contributed by atoms with Crippen molar-refractivity contribution in [1.29, 1.82) is 0 Å². The molecular weight excluding hydrogens is 372 g/mol. The molecule has 5 aromatic rings. The molecule has 0 bridgehead atoms. The molecule has 0 aliphatic heterocycles. The van der Waals surface area contributed by atoms with Gasteiger partial charge in [0.1, 0.15) is 17.9 Å². The lowest BCUT2D eigenvalue weighted by atomic mass is 10.2. The van der Waals surface area contributed by atoms with E-state index in [1.807, 2.05) is 36.4 Å². The van der Waals surface area contributed by atoms with E-state index in [9.17, 15) is 4.79 Å². The van der Waals surface area contributed by atoms with E-state index in [0.717, 1.165) is 16.7 Å². The normalized spacial score (nSPS) is 11.2. The van der Waals surface area contributed by atoms with Crippen molar-refractivity contribution in [3.05, 3.63) is 72.8 Å². The molecule has 0 fully saturated rings. The zero-order valence-electron chi connectivity index (χ0n) is 15.2. The summed E-state index contributed by atoms with van der Waals surface area (Å²) in [4.78, 5) is 16.2. The summed E-state index contributed by atoms with van der Waals surface area (Å²) in [5.41, 5.74) is 2.21. The summed E-state index contributed by atoms with van der Waals surface area (Å²) < 4.78 is 18.3. The summed E-state index contributed by atoms with van der Waals surface area (Å²) >= 11 is 0. The third kappa shape index (κ3) is 3.31. The Morgan fingerprint density at radius 3 is 2.93 bits per heavy atom. The average molecular weight is 388 g/mol. The molecule has 0 atom stereocenters. The molecule has 0 saturated carbocycles. The van der Waals surface area contributed by atoms with Crippen LogP contribution < -0.4 is 10.1 Å². The van der Waals surface area contributed by atoms with Crippen LogP contribution in [0.4, 0.5) is 0 Å². The van der Waals surface area contributed by atoms with Gasteiger partial charge in [0.2, 0.25) is 5.88 Å². The molecule has 1 N–H and O–H groups in total. The van der Waals surface area contributed by atoms with Crippen LogP contribution in [-0.2, 0) is 0 Å². The second-order valence-corrected chi connectivity index (χ2v) is 6.32. The summed E-state index contributed by atoms with van der Waals surface area (Å²) in [5.74, 6) is 1.07. The van der Waals surface area contributed by atoms with E-state index in [1.54, 1.807) is 28.9 Å². The van der Waals surface area contributed by atoms with Crippen LogP contribution in [-0.4, -0.2) is 33.7 Å². The number of carbonyl (C=O) groups excluding carboxylic acids is 1. The Morgan fingerprint density at radius 1 is 1.14 bits per heavy atom. The van der Waals surface area contributed by atoms with Crippen LogP contribution in [0.2, 0.25) is 0 Å². The van der Waals surface area contributed by atoms with Gasteiger partial charge in [-0.05, 0) is 30.3 Å². The molecule has 0 radical (unpaired) electrons. The minimum absolute atomic E-state index is 0.262. The van der Waals surface area contributed by atoms with Crippen molar-refractivity contribution in [3.8, 4) is 17.3 Å². The van der Waals surface area contributed by atoms with Crippen LogP contribution in [0.3, 0.4) is 0 Å². The molecule has 0 saturated heterocycles. The number of benzene rings is 1. The van der Waals surface area contributed by atoms with Crippen LogP contribution in [0.1, 0.15) is 10.6 Å². The first-order valence-electron chi connectivity index (χ1n) is 9.06. The molecule has 8 nitrogen and oxygen atoms in total. The Labute approximate surface area is 164 Å². The Morgan fingerprint density at radius 2 is 2.07 bits per heavy atom. The maximum absolute atomic E-state index is 11.8. The average Bonchev–Trinajstić information content (AvgIpc) is 3.49. The SMILES string of the molecule is O=C(NCCOc1ccc2ncc(-c3cc4ccccc4o3)n2n1)c1ccco1. The quantitative estimate of drug-likeness (QED) is 0.447. The largest absolute Gasteiger partial charge is 0.475 e. The zero-order valence-corrected chi connectivity index (χ0v) is 15.2. The Hall–Kier alpha value is -4.07. The van der Waals surface area contributed by atoms with Crippen molar-refractivity contribution in [2.24, 2.45) is 0 Å². The number of nitrogens with zero attached hydrogens (tertiary/aromatic N) is 3. The van der Waals surface area contributed by atoms with Gasteiger partial charge in [-0.25, -0.2) is 9.50 Å². The lowest BCUT2D eigenvalue weighted by Gasteiger charge is -2.07. The first-order valence-corrected chi connectivity index (χ1v) is 9.06. The van der Waals surface area contributed by atoms with Crippen LogP contribution in [0.15, 0.2) is 75.9 Å². The summed E-state index contributed by atoms with van der Waals surface area (Å²) in [6, 6.07) is 16.6. The highest BCUT2D eigenvalue weighted by Gasteiger charge is 2.13. The van der Waals surface area contributed by atoms with Crippen molar-refractivity contribution >= 4 is 22.5 Å². The number of fused-ring (bicyclic) bond motifs is 2. The summed E-state index contributed by atoms with van der Waals surface area (Å²) in [5, 5.41) is 8.22. The van der Waals surface area contributed by atoms with E-state index in [1.165, 1.54) is 6.26 Å². The highest BCUT2D eigenvalue weighted by atomic mass is 16.5. The van der Waals surface area contributed by atoms with Crippen molar-refractivity contribution in [3.63, 3.8) is 0 Å². The number of carbonyl (C=O) groups is 1. The summed E-state index contributed by atoms with van der Waals surface area (Å²) in [6.45, 7) is 0.583. The number of aromatic nitrogens is 3. The standard InChI is InChI=1S/C21H16N4O4/c26-21(17-6-3-10-27-17)22-9-11-28-20-8-7-19-23-13-15(25(19)24-20)18-12-14-4-1-2-5-16(14)29-18/h1-8,10,12-13H,9,11H2,(H,22,26). The second kappa shape index (κ2) is 7.16. The minimum Gasteiger partial charge on any atom is -0.475 e. The fraction of sp³-hybridized carbons (Fsp3) is 0.0952. The molecule has 8 heteroatoms. The molecule has 0 aliphatic rings. The van der Waals surface area contributed by atoms with Gasteiger partial charge < -0.3 is 18.9 Å². The van der Waals surface area contributed by atoms with Gasteiger partial charge in [-0.15, -0.1) is 5.10 Å². The first-order chi connectivity index (χ1) is 14.3. The molecule has 1 amide bonds. The highest BCUT2D eigenvalue weighted by molar-refractivity contribution is 5.91. The van der Waals surface area contributed by atoms with E-state index >= 15 is 0 Å². The van der Waals surface area contributed by atoms with Crippen LogP contribution in [0.25, 0.3) is 28.1 Å². The molecule has 29 heavy (non-hydrogen) atoms. The number of hydrogen-bond acceptors (Lipinski definition) is 6. The third-order valence-corrected chi connectivity index (χ3v) is 4.40. The fourth-order valence-corrected chi connectivity index (χ4v) is 3.02. The van der Waals surface area contributed by atoms with Gasteiger partial charge in [0.25, 0.3) is 5.91 Å². The summed E-state index contributed by atoms with van der Waals surface area (Å²) in [7, 11) is 0. The number of nitrogens with one attached hydrogen (secondary N) is 1. The van der Waals surface area contributed by atoms with Crippen molar-refractivity contribution in [2.45, 2.75) is 0 Å². The lowest BCUT2D eigenvalue weighted by Crippen LogP contribution is -2.27. The maximum atomic E-state index is 11.8. The highest BCUT2D eigenvalue weighted by Crippen LogP contribution is 2.28. The Bertz CT molecular complexity index is 1250. The second-order valence-electron chi connectivity index (χ2n) is 6.32. The van der Waals surface area contributed by atoms with Gasteiger partial charge in [-0.1, -0.05) is 18.2 Å². The summed E-state index contributed by atoms with van der Waals surface area (Å²) in [6.07, 6.45) is 3.17. The molecule has 0 spiro atoms. The van der Waals surface area contributed by atoms with Gasteiger partial charge in [-0.2, -0.15) is 0 Å². The van der Waals surface area contributed by atoms with Crippen LogP contribution >= 0.6 is 0 Å². The number of hydrogen-bond donors (Lipinski definition) is 1. The van der Waals surface area contributed by atoms with E-state index in [4.69, 9.17) is 13.6 Å². The number of imidazole rings is 1. The van der Waals surface area contributed by atoms with E-state index in [0.29, 0.717) is 23.8 Å². The van der Waals surface area contributed by atoms with Crippen molar-refractivity contribution in [1.82, 2.24) is 19.9 Å². The van der Waals surface area contributed by atoms with Crippen molar-refractivity contribution in [2.75, 3.05) is 13.2 Å². The molecule has 0 unspecified atom stereocenters. The van der Waals surface area contributed by atoms with Gasteiger partial charge >= 0.3 is 0 Å². The predicted molar refractivity (Wildman–Crippen MR) is 105 cm³/mol. The maximum Gasteiger partial charge on any atom is 0.287 e. The number of amides is 1. The van der Waals surface area contributed by atoms with Crippen LogP contribution in [0.5, 0.6) is 5.88 Å². The first kappa shape index (κ1) is 17.1. The van der Waals surface area contributed by atoms with Gasteiger partial charge in [0.15, 0.2) is 17.2 Å². The van der Waals surface area contributed by atoms with Gasteiger partial charge in [0, 0.05) is 11.5 Å². The third-order valence-electron chi connectivity index (χ3n) is 4.40. The topological polar surface area (TPSA) is 94.8 Å². The molecule has 4 aromatic heterocycles. The molecule has 0 aliphatic carbocycles. The predicted octanol–water partition coefficient (Wildman–Crippen LogP) is 3.54. The zero-order chi connectivity index (χ0) is 19.6. The van der Waals surface area contributed by atoms with E-state index in [2.05, 4.69) is 15.4 Å². The molecular formula is C21H16N4O4. The fourth-order valence-electron chi connectivity index (χ4n) is 3.02. The molecule has 5 rings (SSSR count). The number of furan rings is 2.